The van der Waals surface area contributed by atoms with E-state index in [1.807, 2.05) is 17.8 Å². The molecule has 1 aliphatic rings. The second-order valence-corrected chi connectivity index (χ2v) is 6.49. The third kappa shape index (κ3) is 3.66. The molecule has 1 saturated carbocycles. The van der Waals surface area contributed by atoms with Gasteiger partial charge in [-0.1, -0.05) is 30.7 Å². The number of thioether (sulfide) groups is 1. The van der Waals surface area contributed by atoms with Gasteiger partial charge in [0.25, 0.3) is 0 Å². The van der Waals surface area contributed by atoms with E-state index in [1.54, 1.807) is 0 Å². The van der Waals surface area contributed by atoms with Gasteiger partial charge in [0.15, 0.2) is 0 Å². The maximum Gasteiger partial charge on any atom is 0.0408 e. The first-order chi connectivity index (χ1) is 8.72. The minimum absolute atomic E-state index is 0.672. The van der Waals surface area contributed by atoms with E-state index in [9.17, 15) is 0 Å². The second-order valence-electron chi connectivity index (χ2n) is 5.15. The second kappa shape index (κ2) is 6.83. The zero-order chi connectivity index (χ0) is 13.0. The highest BCUT2D eigenvalue weighted by Gasteiger charge is 2.31. The average molecular weight is 284 g/mol. The van der Waals surface area contributed by atoms with E-state index in [4.69, 9.17) is 11.6 Å². The van der Waals surface area contributed by atoms with Crippen molar-refractivity contribution in [2.75, 3.05) is 12.0 Å². The minimum Gasteiger partial charge on any atom is -0.310 e. The molecule has 1 aromatic carbocycles. The van der Waals surface area contributed by atoms with Crippen molar-refractivity contribution in [3.63, 3.8) is 0 Å². The quantitative estimate of drug-likeness (QED) is 0.835. The minimum atomic E-state index is 0.672. The van der Waals surface area contributed by atoms with Gasteiger partial charge in [0.05, 0.1) is 0 Å². The van der Waals surface area contributed by atoms with Crippen LogP contribution in [0.5, 0.6) is 0 Å². The summed E-state index contributed by atoms with van der Waals surface area (Å²) in [5, 5.41) is 4.62. The predicted molar refractivity (Wildman–Crippen MR) is 82.8 cm³/mol. The van der Waals surface area contributed by atoms with Gasteiger partial charge < -0.3 is 5.32 Å². The first-order valence-corrected chi connectivity index (χ1v) is 8.50. The summed E-state index contributed by atoms with van der Waals surface area (Å²) in [6.07, 6.45) is 5.91. The summed E-state index contributed by atoms with van der Waals surface area (Å²) in [6.45, 7) is 2.26. The lowest BCUT2D eigenvalue weighted by Crippen LogP contribution is -2.46. The van der Waals surface area contributed by atoms with Crippen LogP contribution in [0.1, 0.15) is 37.7 Å². The Morgan fingerprint density at radius 3 is 2.83 bits per heavy atom. The van der Waals surface area contributed by atoms with Crippen LogP contribution in [-0.2, 0) is 0 Å². The van der Waals surface area contributed by atoms with E-state index in [0.29, 0.717) is 18.0 Å². The topological polar surface area (TPSA) is 12.0 Å². The molecule has 0 saturated heterocycles. The zero-order valence-corrected chi connectivity index (χ0v) is 12.7. The fourth-order valence-corrected chi connectivity index (χ4v) is 3.54. The molecule has 0 bridgehead atoms. The molecule has 18 heavy (non-hydrogen) atoms. The Balaban J connectivity index is 1.80. The summed E-state index contributed by atoms with van der Waals surface area (Å²) in [4.78, 5) is 0. The third-order valence-corrected chi connectivity index (χ3v) is 4.76. The van der Waals surface area contributed by atoms with Gasteiger partial charge in [-0.05, 0) is 49.1 Å². The van der Waals surface area contributed by atoms with Crippen LogP contribution in [0.25, 0.3) is 0 Å². The van der Waals surface area contributed by atoms with E-state index in [0.717, 1.165) is 5.02 Å². The summed E-state index contributed by atoms with van der Waals surface area (Å²) in [7, 11) is 0. The largest absolute Gasteiger partial charge is 0.310 e. The van der Waals surface area contributed by atoms with Gasteiger partial charge in [-0.15, -0.1) is 0 Å². The van der Waals surface area contributed by atoms with Crippen LogP contribution in [-0.4, -0.2) is 24.1 Å². The molecule has 100 valence electrons. The fraction of sp³-hybridized carbons (Fsp3) is 0.600. The summed E-state index contributed by atoms with van der Waals surface area (Å²) >= 11 is 7.97. The van der Waals surface area contributed by atoms with Crippen molar-refractivity contribution < 1.29 is 0 Å². The van der Waals surface area contributed by atoms with Crippen LogP contribution in [0.2, 0.25) is 5.02 Å². The monoisotopic (exact) mass is 283 g/mol. The standard InChI is InChI=1S/C15H22ClNS/c1-3-14(10-18-2)17-15-8-12(9-15)11-5-4-6-13(16)7-11/h4-7,12,14-15,17H,3,8-10H2,1-2H3. The fourth-order valence-electron chi connectivity index (χ4n) is 2.60. The lowest BCUT2D eigenvalue weighted by Gasteiger charge is -2.38. The molecule has 2 rings (SSSR count). The highest BCUT2D eigenvalue weighted by Crippen LogP contribution is 2.37. The van der Waals surface area contributed by atoms with Crippen molar-refractivity contribution in [1.82, 2.24) is 5.32 Å². The first-order valence-electron chi connectivity index (χ1n) is 6.73. The van der Waals surface area contributed by atoms with Crippen molar-refractivity contribution in [1.29, 1.82) is 0 Å². The maximum atomic E-state index is 6.04. The van der Waals surface area contributed by atoms with Crippen molar-refractivity contribution in [2.45, 2.75) is 44.2 Å². The molecule has 1 fully saturated rings. The van der Waals surface area contributed by atoms with Gasteiger partial charge in [-0.25, -0.2) is 0 Å². The molecule has 0 aromatic heterocycles. The van der Waals surface area contributed by atoms with Crippen molar-refractivity contribution in [3.8, 4) is 0 Å². The number of benzene rings is 1. The predicted octanol–water partition coefficient (Wildman–Crippen LogP) is 4.32. The molecule has 1 atom stereocenters. The van der Waals surface area contributed by atoms with Crippen molar-refractivity contribution >= 4 is 23.4 Å². The Kier molecular flexibility index (Phi) is 5.40. The lowest BCUT2D eigenvalue weighted by atomic mass is 9.75. The van der Waals surface area contributed by atoms with E-state index >= 15 is 0 Å². The Hall–Kier alpha value is -0.180. The van der Waals surface area contributed by atoms with E-state index in [-0.39, 0.29) is 0 Å². The Morgan fingerprint density at radius 2 is 2.22 bits per heavy atom. The molecule has 0 amide bonds. The molecule has 0 heterocycles. The van der Waals surface area contributed by atoms with Crippen LogP contribution in [0.4, 0.5) is 0 Å². The molecule has 1 N–H and O–H groups in total. The first kappa shape index (κ1) is 14.2. The normalized spacial score (nSPS) is 24.6. The molecule has 1 aromatic rings. The smallest absolute Gasteiger partial charge is 0.0408 e. The van der Waals surface area contributed by atoms with Crippen LogP contribution < -0.4 is 5.32 Å². The molecule has 1 unspecified atom stereocenters. The maximum absolute atomic E-state index is 6.04. The molecular formula is C15H22ClNS. The van der Waals surface area contributed by atoms with E-state index < -0.39 is 0 Å². The highest BCUT2D eigenvalue weighted by atomic mass is 35.5. The van der Waals surface area contributed by atoms with Gasteiger partial charge >= 0.3 is 0 Å². The summed E-state index contributed by atoms with van der Waals surface area (Å²) in [5.74, 6) is 1.92. The third-order valence-electron chi connectivity index (χ3n) is 3.79. The van der Waals surface area contributed by atoms with Crippen LogP contribution >= 0.6 is 23.4 Å². The Labute approximate surface area is 120 Å². The van der Waals surface area contributed by atoms with Crippen molar-refractivity contribution in [2.24, 2.45) is 0 Å². The van der Waals surface area contributed by atoms with Gasteiger partial charge in [0, 0.05) is 22.9 Å². The van der Waals surface area contributed by atoms with Gasteiger partial charge in [-0.2, -0.15) is 11.8 Å². The van der Waals surface area contributed by atoms with E-state index in [2.05, 4.69) is 36.7 Å². The molecule has 0 spiro atoms. The number of hydrogen-bond acceptors (Lipinski definition) is 2. The lowest BCUT2D eigenvalue weighted by molar-refractivity contribution is 0.269. The highest BCUT2D eigenvalue weighted by molar-refractivity contribution is 7.98. The molecule has 0 radical (unpaired) electrons. The SMILES string of the molecule is CCC(CSC)NC1CC(c2cccc(Cl)c2)C1. The van der Waals surface area contributed by atoms with E-state index in [1.165, 1.54) is 30.6 Å². The number of rotatable bonds is 6. The molecule has 1 nitrogen and oxygen atoms in total. The summed E-state index contributed by atoms with van der Waals surface area (Å²) in [5.41, 5.74) is 1.40. The number of halogens is 1. The number of nitrogens with one attached hydrogen (secondary N) is 1. The summed E-state index contributed by atoms with van der Waals surface area (Å²) in [6, 6.07) is 9.69. The Morgan fingerprint density at radius 1 is 1.44 bits per heavy atom. The van der Waals surface area contributed by atoms with Crippen LogP contribution in [0.3, 0.4) is 0 Å². The van der Waals surface area contributed by atoms with Crippen molar-refractivity contribution in [3.05, 3.63) is 34.9 Å². The molecule has 0 aliphatic heterocycles. The Bertz CT molecular complexity index is 377. The molecule has 3 heteroatoms. The van der Waals surface area contributed by atoms with Gasteiger partial charge in [0.2, 0.25) is 0 Å². The van der Waals surface area contributed by atoms with Crippen LogP contribution in [0, 0.1) is 0 Å². The van der Waals surface area contributed by atoms with Gasteiger partial charge in [0.1, 0.15) is 0 Å². The molecule has 1 aliphatic carbocycles. The average Bonchev–Trinajstić information content (AvgIpc) is 2.31. The van der Waals surface area contributed by atoms with Crippen LogP contribution in [0.15, 0.2) is 24.3 Å². The number of hydrogen-bond donors (Lipinski definition) is 1. The van der Waals surface area contributed by atoms with Gasteiger partial charge in [-0.3, -0.25) is 0 Å². The zero-order valence-electron chi connectivity index (χ0n) is 11.2. The summed E-state index contributed by atoms with van der Waals surface area (Å²) < 4.78 is 0. The molecular weight excluding hydrogens is 262 g/mol.